The summed E-state index contributed by atoms with van der Waals surface area (Å²) in [6.45, 7) is 4.88. The van der Waals surface area contributed by atoms with Crippen molar-refractivity contribution >= 4 is 5.91 Å². The number of fused-ring (bicyclic) bond motifs is 1. The van der Waals surface area contributed by atoms with E-state index in [0.29, 0.717) is 13.2 Å². The number of nitrogens with zero attached hydrogens (tertiary/aromatic N) is 2. The van der Waals surface area contributed by atoms with Gasteiger partial charge in [-0.15, -0.1) is 0 Å². The molecule has 0 spiro atoms. The highest BCUT2D eigenvalue weighted by Gasteiger charge is 2.22. The fourth-order valence-corrected chi connectivity index (χ4v) is 3.04. The molecule has 0 bridgehead atoms. The van der Waals surface area contributed by atoms with Crippen molar-refractivity contribution in [1.82, 2.24) is 9.80 Å². The van der Waals surface area contributed by atoms with E-state index in [2.05, 4.69) is 4.90 Å². The molecule has 5 heteroatoms. The Morgan fingerprint density at radius 1 is 1.24 bits per heavy atom. The van der Waals surface area contributed by atoms with Gasteiger partial charge in [-0.1, -0.05) is 0 Å². The molecule has 114 valence electrons. The van der Waals surface area contributed by atoms with E-state index in [0.717, 1.165) is 55.9 Å². The van der Waals surface area contributed by atoms with Crippen LogP contribution in [0.3, 0.4) is 0 Å². The second-order valence-corrected chi connectivity index (χ2v) is 5.63. The summed E-state index contributed by atoms with van der Waals surface area (Å²) in [6.07, 6.45) is 1.85. The summed E-state index contributed by atoms with van der Waals surface area (Å²) in [5, 5.41) is 9.02. The van der Waals surface area contributed by atoms with Gasteiger partial charge in [0.2, 0.25) is 0 Å². The van der Waals surface area contributed by atoms with Crippen LogP contribution in [0.2, 0.25) is 0 Å². The lowest BCUT2D eigenvalue weighted by Gasteiger charge is -2.21. The lowest BCUT2D eigenvalue weighted by Crippen LogP contribution is -2.35. The van der Waals surface area contributed by atoms with E-state index in [1.165, 1.54) is 0 Å². The second kappa shape index (κ2) is 6.45. The van der Waals surface area contributed by atoms with Crippen molar-refractivity contribution in [2.75, 3.05) is 45.9 Å². The number of benzene rings is 1. The molecule has 0 unspecified atom stereocenters. The molecule has 0 aromatic heterocycles. The number of aliphatic hydroxyl groups is 1. The van der Waals surface area contributed by atoms with Gasteiger partial charge in [-0.3, -0.25) is 9.69 Å². The zero-order valence-corrected chi connectivity index (χ0v) is 12.3. The first-order valence-corrected chi connectivity index (χ1v) is 7.66. The predicted molar refractivity (Wildman–Crippen MR) is 79.7 cm³/mol. The number of amides is 1. The topological polar surface area (TPSA) is 53.0 Å². The van der Waals surface area contributed by atoms with Gasteiger partial charge in [0.1, 0.15) is 5.75 Å². The van der Waals surface area contributed by atoms with Crippen molar-refractivity contribution in [3.05, 3.63) is 29.3 Å². The molecule has 2 aliphatic rings. The minimum atomic E-state index is 0.107. The van der Waals surface area contributed by atoms with Gasteiger partial charge in [0.15, 0.2) is 0 Å². The van der Waals surface area contributed by atoms with E-state index >= 15 is 0 Å². The maximum absolute atomic E-state index is 12.6. The number of aliphatic hydroxyl groups excluding tert-OH is 1. The maximum Gasteiger partial charge on any atom is 0.253 e. The Balaban J connectivity index is 1.67. The summed E-state index contributed by atoms with van der Waals surface area (Å²) in [7, 11) is 0. The largest absolute Gasteiger partial charge is 0.493 e. The number of ether oxygens (including phenoxy) is 1. The lowest BCUT2D eigenvalue weighted by molar-refractivity contribution is 0.0760. The van der Waals surface area contributed by atoms with Crippen molar-refractivity contribution in [3.8, 4) is 5.75 Å². The van der Waals surface area contributed by atoms with Gasteiger partial charge in [-0.25, -0.2) is 0 Å². The van der Waals surface area contributed by atoms with E-state index in [1.54, 1.807) is 0 Å². The monoisotopic (exact) mass is 290 g/mol. The summed E-state index contributed by atoms with van der Waals surface area (Å²) in [6, 6.07) is 5.75. The zero-order chi connectivity index (χ0) is 14.7. The van der Waals surface area contributed by atoms with Crippen LogP contribution in [0.25, 0.3) is 0 Å². The molecule has 0 aliphatic carbocycles. The number of hydrogen-bond donors (Lipinski definition) is 1. The summed E-state index contributed by atoms with van der Waals surface area (Å²) in [5.74, 6) is 1.02. The van der Waals surface area contributed by atoms with Crippen LogP contribution in [0.1, 0.15) is 22.3 Å². The fourth-order valence-electron chi connectivity index (χ4n) is 3.04. The molecule has 1 N–H and O–H groups in total. The van der Waals surface area contributed by atoms with Gasteiger partial charge in [-0.2, -0.15) is 0 Å². The van der Waals surface area contributed by atoms with Crippen LogP contribution in [0.4, 0.5) is 0 Å². The van der Waals surface area contributed by atoms with Gasteiger partial charge in [-0.05, 0) is 36.7 Å². The highest BCUT2D eigenvalue weighted by Crippen LogP contribution is 2.26. The van der Waals surface area contributed by atoms with Gasteiger partial charge >= 0.3 is 0 Å². The molecule has 1 amide bonds. The first-order chi connectivity index (χ1) is 10.3. The average molecular weight is 290 g/mol. The van der Waals surface area contributed by atoms with E-state index < -0.39 is 0 Å². The van der Waals surface area contributed by atoms with Crippen LogP contribution in [0.5, 0.6) is 5.75 Å². The van der Waals surface area contributed by atoms with Gasteiger partial charge < -0.3 is 14.7 Å². The molecule has 1 saturated heterocycles. The molecule has 3 rings (SSSR count). The summed E-state index contributed by atoms with van der Waals surface area (Å²) in [4.78, 5) is 16.8. The Morgan fingerprint density at radius 3 is 3.00 bits per heavy atom. The van der Waals surface area contributed by atoms with Crippen molar-refractivity contribution < 1.29 is 14.6 Å². The van der Waals surface area contributed by atoms with E-state index in [1.807, 2.05) is 23.1 Å². The van der Waals surface area contributed by atoms with Crippen LogP contribution < -0.4 is 4.74 Å². The molecule has 1 aromatic rings. The molecule has 0 radical (unpaired) electrons. The summed E-state index contributed by atoms with van der Waals surface area (Å²) < 4.78 is 5.48. The Kier molecular flexibility index (Phi) is 4.41. The van der Waals surface area contributed by atoms with Gasteiger partial charge in [0.25, 0.3) is 5.91 Å². The molecule has 2 aliphatic heterocycles. The number of carbonyl (C=O) groups excluding carboxylic acids is 1. The standard InChI is InChI=1S/C16H22N2O3/c19-10-9-17-5-1-6-18(8-7-17)16(20)14-2-3-15-13(12-14)4-11-21-15/h2-3,12,19H,1,4-11H2. The molecule has 0 atom stereocenters. The van der Waals surface area contributed by atoms with E-state index in [-0.39, 0.29) is 12.5 Å². The molecule has 2 heterocycles. The smallest absolute Gasteiger partial charge is 0.253 e. The first-order valence-electron chi connectivity index (χ1n) is 7.66. The van der Waals surface area contributed by atoms with Crippen molar-refractivity contribution in [2.24, 2.45) is 0 Å². The molecular weight excluding hydrogens is 268 g/mol. The highest BCUT2D eigenvalue weighted by atomic mass is 16.5. The Morgan fingerprint density at radius 2 is 2.14 bits per heavy atom. The number of rotatable bonds is 3. The first kappa shape index (κ1) is 14.4. The molecule has 1 fully saturated rings. The summed E-state index contributed by atoms with van der Waals surface area (Å²) >= 11 is 0. The fraction of sp³-hybridized carbons (Fsp3) is 0.562. The van der Waals surface area contributed by atoms with Crippen LogP contribution in [0.15, 0.2) is 18.2 Å². The Labute approximate surface area is 125 Å². The lowest BCUT2D eigenvalue weighted by atomic mass is 10.1. The van der Waals surface area contributed by atoms with Crippen molar-refractivity contribution in [1.29, 1.82) is 0 Å². The molecule has 21 heavy (non-hydrogen) atoms. The number of β-amino-alcohol motifs (C(OH)–C–C–N with tert-alkyl or cyclic N) is 1. The maximum atomic E-state index is 12.6. The van der Waals surface area contributed by atoms with Crippen LogP contribution in [0, 0.1) is 0 Å². The zero-order valence-electron chi connectivity index (χ0n) is 12.3. The van der Waals surface area contributed by atoms with E-state index in [4.69, 9.17) is 9.84 Å². The minimum absolute atomic E-state index is 0.107. The molecule has 1 aromatic carbocycles. The quantitative estimate of drug-likeness (QED) is 0.893. The van der Waals surface area contributed by atoms with Crippen molar-refractivity contribution in [3.63, 3.8) is 0 Å². The molecule has 5 nitrogen and oxygen atoms in total. The number of carbonyl (C=O) groups is 1. The van der Waals surface area contributed by atoms with Crippen LogP contribution >= 0.6 is 0 Å². The summed E-state index contributed by atoms with van der Waals surface area (Å²) in [5.41, 5.74) is 1.90. The second-order valence-electron chi connectivity index (χ2n) is 5.63. The van der Waals surface area contributed by atoms with Crippen molar-refractivity contribution in [2.45, 2.75) is 12.8 Å². The Hall–Kier alpha value is -1.59. The Bertz CT molecular complexity index is 518. The van der Waals surface area contributed by atoms with E-state index in [9.17, 15) is 4.79 Å². The predicted octanol–water partition coefficient (Wildman–Crippen LogP) is 0.762. The normalized spacial score (nSPS) is 19.0. The minimum Gasteiger partial charge on any atom is -0.493 e. The van der Waals surface area contributed by atoms with Gasteiger partial charge in [0, 0.05) is 38.2 Å². The molecular formula is C16H22N2O3. The molecule has 0 saturated carbocycles. The third-order valence-electron chi connectivity index (χ3n) is 4.23. The van der Waals surface area contributed by atoms with Crippen LogP contribution in [-0.4, -0.2) is 66.8 Å². The third-order valence-corrected chi connectivity index (χ3v) is 4.23. The average Bonchev–Trinajstić information content (AvgIpc) is 2.85. The van der Waals surface area contributed by atoms with Crippen LogP contribution in [-0.2, 0) is 6.42 Å². The highest BCUT2D eigenvalue weighted by molar-refractivity contribution is 5.94. The third kappa shape index (κ3) is 3.19. The number of hydrogen-bond acceptors (Lipinski definition) is 4. The van der Waals surface area contributed by atoms with Gasteiger partial charge in [0.05, 0.1) is 13.2 Å². The SMILES string of the molecule is O=C(c1ccc2c(c1)CCO2)N1CCCN(CCO)CC1.